The van der Waals surface area contributed by atoms with Crippen molar-refractivity contribution in [2.24, 2.45) is 0 Å². The molecule has 33 heavy (non-hydrogen) atoms. The van der Waals surface area contributed by atoms with Gasteiger partial charge >= 0.3 is 32.1 Å². The van der Waals surface area contributed by atoms with Gasteiger partial charge in [-0.25, -0.2) is 14.6 Å². The fraction of sp³-hybridized carbons (Fsp3) is 0.750. The summed E-state index contributed by atoms with van der Waals surface area (Å²) in [6, 6.07) is 0.479. The summed E-state index contributed by atoms with van der Waals surface area (Å²) in [5, 5.41) is 0. The molecule has 10 nitrogen and oxygen atoms in total. The second-order valence-corrected chi connectivity index (χ2v) is 17.7. The lowest BCUT2D eigenvalue weighted by atomic mass is 10.4. The third kappa shape index (κ3) is 11.0. The van der Waals surface area contributed by atoms with Crippen LogP contribution < -0.4 is 0 Å². The van der Waals surface area contributed by atoms with Crippen LogP contribution in [0.5, 0.6) is 0 Å². The van der Waals surface area contributed by atoms with Gasteiger partial charge in [0.25, 0.3) is 0 Å². The van der Waals surface area contributed by atoms with Crippen LogP contribution in [0, 0.1) is 0 Å². The fourth-order valence-electron chi connectivity index (χ4n) is 2.84. The van der Waals surface area contributed by atoms with E-state index in [1.165, 1.54) is 14.2 Å². The number of hydrogen-bond acceptors (Lipinski definition) is 10. The third-order valence-electron chi connectivity index (χ3n) is 4.44. The maximum absolute atomic E-state index is 12.2. The Kier molecular flexibility index (Phi) is 15.0. The topological polar surface area (TPSA) is 100 Å². The molecule has 0 rings (SSSR count). The molecule has 0 amide bonds. The van der Waals surface area contributed by atoms with Crippen molar-refractivity contribution in [1.82, 2.24) is 0 Å². The second-order valence-electron chi connectivity index (χ2n) is 7.93. The quantitative estimate of drug-likeness (QED) is 0.0472. The highest BCUT2D eigenvalue weighted by molar-refractivity contribution is 6.83. The molecule has 0 aromatic heterocycles. The maximum Gasteiger partial charge on any atom is 0.534 e. The third-order valence-corrected chi connectivity index (χ3v) is 15.4. The highest BCUT2D eigenvalue weighted by Gasteiger charge is 2.57. The van der Waals surface area contributed by atoms with Gasteiger partial charge in [-0.1, -0.05) is 25.7 Å². The zero-order valence-corrected chi connectivity index (χ0v) is 24.6. The molecule has 0 aliphatic carbocycles. The van der Waals surface area contributed by atoms with Crippen molar-refractivity contribution < 1.29 is 45.2 Å². The average Bonchev–Trinajstić information content (AvgIpc) is 2.76. The zero-order valence-electron chi connectivity index (χ0n) is 21.6. The van der Waals surface area contributed by atoms with Gasteiger partial charge in [0, 0.05) is 40.1 Å². The molecule has 0 aliphatic heterocycles. The van der Waals surface area contributed by atoms with Crippen LogP contribution in [-0.2, 0) is 45.2 Å². The minimum absolute atomic E-state index is 0.274. The molecular weight excluding hydrogens is 484 g/mol. The molecule has 0 bridgehead atoms. The summed E-state index contributed by atoms with van der Waals surface area (Å²) in [6.45, 7) is 17.0. The number of hydrogen-bond donors (Lipinski definition) is 0. The lowest BCUT2D eigenvalue weighted by molar-refractivity contribution is -0.287. The first-order chi connectivity index (χ1) is 15.4. The zero-order chi connectivity index (χ0) is 25.7. The number of esters is 1. The van der Waals surface area contributed by atoms with Gasteiger partial charge in [0.2, 0.25) is 0 Å². The minimum atomic E-state index is -3.49. The minimum Gasteiger partial charge on any atom is -0.454 e. The van der Waals surface area contributed by atoms with E-state index < -0.39 is 37.9 Å². The van der Waals surface area contributed by atoms with Gasteiger partial charge in [0.05, 0.1) is 6.61 Å². The molecule has 0 radical (unpaired) electrons. The summed E-state index contributed by atoms with van der Waals surface area (Å²) in [4.78, 5) is 22.4. The summed E-state index contributed by atoms with van der Waals surface area (Å²) in [7, 11) is -3.56. The molecule has 0 aromatic rings. The van der Waals surface area contributed by atoms with Crippen molar-refractivity contribution in [3.63, 3.8) is 0 Å². The summed E-state index contributed by atoms with van der Waals surface area (Å²) in [5.41, 5.74) is 0.409. The molecule has 1 unspecified atom stereocenters. The smallest absolute Gasteiger partial charge is 0.454 e. The Labute approximate surface area is 202 Å². The van der Waals surface area contributed by atoms with Crippen LogP contribution in [0.25, 0.3) is 0 Å². The highest BCUT2D eigenvalue weighted by Crippen LogP contribution is 2.29. The summed E-state index contributed by atoms with van der Waals surface area (Å²) in [5.74, 6) is -0.539. The Morgan fingerprint density at radius 1 is 0.909 bits per heavy atom. The van der Waals surface area contributed by atoms with E-state index in [1.54, 1.807) is 21.1 Å². The lowest BCUT2D eigenvalue weighted by Crippen LogP contribution is -2.64. The first-order valence-electron chi connectivity index (χ1n) is 10.7. The molecule has 13 heteroatoms. The van der Waals surface area contributed by atoms with Crippen molar-refractivity contribution in [3.8, 4) is 0 Å². The number of ether oxygens (including phenoxy) is 1. The van der Waals surface area contributed by atoms with Crippen LogP contribution in [0.3, 0.4) is 0 Å². The van der Waals surface area contributed by atoms with E-state index in [0.717, 1.165) is 5.57 Å². The Morgan fingerprint density at radius 2 is 1.48 bits per heavy atom. The Hall–Kier alpha value is -0.719. The monoisotopic (exact) mass is 526 g/mol. The normalized spacial score (nSPS) is 13.6. The molecule has 1 atom stereocenters. The van der Waals surface area contributed by atoms with E-state index in [4.69, 9.17) is 40.4 Å². The second kappa shape index (κ2) is 15.3. The average molecular weight is 527 g/mol. The van der Waals surface area contributed by atoms with E-state index in [9.17, 15) is 4.79 Å². The van der Waals surface area contributed by atoms with Gasteiger partial charge in [-0.3, -0.25) is 0 Å². The Morgan fingerprint density at radius 3 is 1.91 bits per heavy atom. The van der Waals surface area contributed by atoms with E-state index in [0.29, 0.717) is 32.1 Å². The van der Waals surface area contributed by atoms with Gasteiger partial charge in [-0.15, -0.1) is 0 Å². The van der Waals surface area contributed by atoms with Crippen LogP contribution >= 0.6 is 0 Å². The SMILES string of the molecule is C=C(C)COOCCC[Si](OC)(OC)O[Si](C)(C)O[Si](OC)(OC)C(CC)OC(=O)C(=C)C. The van der Waals surface area contributed by atoms with Crippen molar-refractivity contribution in [2.75, 3.05) is 41.7 Å². The molecule has 0 aromatic carbocycles. The molecule has 0 aliphatic rings. The van der Waals surface area contributed by atoms with E-state index in [2.05, 4.69) is 13.2 Å². The lowest BCUT2D eigenvalue weighted by Gasteiger charge is -2.41. The van der Waals surface area contributed by atoms with Crippen molar-refractivity contribution in [2.45, 2.75) is 58.5 Å². The van der Waals surface area contributed by atoms with E-state index in [-0.39, 0.29) is 5.57 Å². The molecule has 194 valence electrons. The molecule has 0 spiro atoms. The van der Waals surface area contributed by atoms with Crippen LogP contribution in [0.2, 0.25) is 19.1 Å². The summed E-state index contributed by atoms with van der Waals surface area (Å²) < 4.78 is 41.2. The molecule has 0 fully saturated rings. The van der Waals surface area contributed by atoms with Crippen molar-refractivity contribution in [1.29, 1.82) is 0 Å². The molecular formula is C20H42O10Si3. The van der Waals surface area contributed by atoms with E-state index in [1.807, 2.05) is 26.9 Å². The molecule has 0 saturated carbocycles. The fourth-order valence-corrected chi connectivity index (χ4v) is 14.0. The van der Waals surface area contributed by atoms with Gasteiger partial charge in [0.1, 0.15) is 6.61 Å². The van der Waals surface area contributed by atoms with Gasteiger partial charge in [-0.2, -0.15) is 0 Å². The predicted octanol–water partition coefficient (Wildman–Crippen LogP) is 3.54. The first kappa shape index (κ1) is 32.3. The van der Waals surface area contributed by atoms with E-state index >= 15 is 0 Å². The molecule has 0 saturated heterocycles. The van der Waals surface area contributed by atoms with Crippen molar-refractivity contribution >= 4 is 32.1 Å². The summed E-state index contributed by atoms with van der Waals surface area (Å²) >= 11 is 0. The predicted molar refractivity (Wildman–Crippen MR) is 130 cm³/mol. The molecule has 0 N–H and O–H groups in total. The highest BCUT2D eigenvalue weighted by atomic mass is 28.5. The van der Waals surface area contributed by atoms with Gasteiger partial charge < -0.3 is 30.7 Å². The Bertz CT molecular complexity index is 621. The number of rotatable bonds is 19. The van der Waals surface area contributed by atoms with Crippen LogP contribution in [0.1, 0.15) is 33.6 Å². The first-order valence-corrected chi connectivity index (χ1v) is 17.3. The Balaban J connectivity index is 5.40. The number of carbonyl (C=O) groups is 1. The van der Waals surface area contributed by atoms with Crippen LogP contribution in [0.4, 0.5) is 0 Å². The van der Waals surface area contributed by atoms with Crippen LogP contribution in [0.15, 0.2) is 24.3 Å². The maximum atomic E-state index is 12.2. The van der Waals surface area contributed by atoms with Crippen LogP contribution in [-0.4, -0.2) is 79.5 Å². The van der Waals surface area contributed by atoms with Crippen molar-refractivity contribution in [3.05, 3.63) is 24.3 Å². The van der Waals surface area contributed by atoms with Gasteiger partial charge in [-0.05, 0) is 39.8 Å². The summed E-state index contributed by atoms with van der Waals surface area (Å²) in [6.07, 6.45) is 1.01. The standard InChI is InChI=1S/C20H42O10Si3/c1-12-19(28-20(21)18(4)5)33(24-8,25-9)30-31(10,11)29-32(22-6,23-7)15-13-14-26-27-16-17(2)3/h19H,2,4,12-16H2,1,3,5-11H3. The number of carbonyl (C=O) groups excluding carboxylic acids is 1. The largest absolute Gasteiger partial charge is 0.534 e. The van der Waals surface area contributed by atoms with Gasteiger partial charge in [0.15, 0.2) is 5.73 Å². The molecule has 0 heterocycles.